The Bertz CT molecular complexity index is 735. The first-order valence-electron chi connectivity index (χ1n) is 8.27. The van der Waals surface area contributed by atoms with Gasteiger partial charge in [0.2, 0.25) is 0 Å². The lowest BCUT2D eigenvalue weighted by molar-refractivity contribution is 0.0903. The maximum Gasteiger partial charge on any atom is 0.271 e. The molecule has 1 saturated carbocycles. The third kappa shape index (κ3) is 3.18. The minimum atomic E-state index is -0.299. The number of amides is 2. The first kappa shape index (κ1) is 16.2. The molecule has 0 aliphatic heterocycles. The predicted octanol–water partition coefficient (Wildman–Crippen LogP) is 2.13. The van der Waals surface area contributed by atoms with E-state index in [9.17, 15) is 9.59 Å². The van der Waals surface area contributed by atoms with E-state index in [1.807, 2.05) is 37.3 Å². The average Bonchev–Trinajstić information content (AvgIpc) is 3.02. The minimum absolute atomic E-state index is 0.147. The Labute approximate surface area is 141 Å². The van der Waals surface area contributed by atoms with Crippen LogP contribution < -0.4 is 10.6 Å². The smallest absolute Gasteiger partial charge is 0.271 e. The van der Waals surface area contributed by atoms with Crippen molar-refractivity contribution in [2.45, 2.75) is 38.3 Å². The minimum Gasteiger partial charge on any atom is -0.354 e. The third-order valence-electron chi connectivity index (χ3n) is 4.52. The molecule has 1 aliphatic rings. The molecule has 2 aromatic rings. The molecule has 0 spiro atoms. The highest BCUT2D eigenvalue weighted by atomic mass is 16.2. The largest absolute Gasteiger partial charge is 0.354 e. The van der Waals surface area contributed by atoms with E-state index in [2.05, 4.69) is 15.7 Å². The quantitative estimate of drug-likeness (QED) is 0.884. The lowest BCUT2D eigenvalue weighted by Crippen LogP contribution is -2.40. The van der Waals surface area contributed by atoms with E-state index >= 15 is 0 Å². The highest BCUT2D eigenvalue weighted by molar-refractivity contribution is 5.98. The van der Waals surface area contributed by atoms with Gasteiger partial charge in [-0.05, 0) is 31.7 Å². The Balaban J connectivity index is 1.94. The summed E-state index contributed by atoms with van der Waals surface area (Å²) in [6.07, 6.45) is 3.17. The Hall–Kier alpha value is -2.63. The molecule has 1 aromatic carbocycles. The summed E-state index contributed by atoms with van der Waals surface area (Å²) in [5.41, 5.74) is 1.69. The second-order valence-electron chi connectivity index (χ2n) is 6.13. The molecule has 1 fully saturated rings. The van der Waals surface area contributed by atoms with E-state index in [-0.39, 0.29) is 29.6 Å². The van der Waals surface area contributed by atoms with E-state index < -0.39 is 0 Å². The molecule has 1 aromatic heterocycles. The molecule has 6 heteroatoms. The number of hydrogen-bond acceptors (Lipinski definition) is 3. The lowest BCUT2D eigenvalue weighted by atomic mass is 9.93. The summed E-state index contributed by atoms with van der Waals surface area (Å²) in [5, 5.41) is 9.95. The van der Waals surface area contributed by atoms with Gasteiger partial charge < -0.3 is 10.6 Å². The van der Waals surface area contributed by atoms with Gasteiger partial charge in [-0.25, -0.2) is 0 Å². The Kier molecular flexibility index (Phi) is 4.64. The van der Waals surface area contributed by atoms with Gasteiger partial charge in [0.25, 0.3) is 11.8 Å². The molecule has 6 nitrogen and oxygen atoms in total. The number of nitrogens with zero attached hydrogens (tertiary/aromatic N) is 2. The van der Waals surface area contributed by atoms with Crippen LogP contribution in [0.3, 0.4) is 0 Å². The lowest BCUT2D eigenvalue weighted by Gasteiger charge is -2.26. The van der Waals surface area contributed by atoms with Crippen molar-refractivity contribution in [1.29, 1.82) is 0 Å². The molecule has 0 bridgehead atoms. The van der Waals surface area contributed by atoms with Crippen LogP contribution in [-0.4, -0.2) is 34.7 Å². The van der Waals surface area contributed by atoms with Crippen molar-refractivity contribution in [3.8, 4) is 0 Å². The number of hydrogen-bond donors (Lipinski definition) is 2. The van der Waals surface area contributed by atoms with Crippen molar-refractivity contribution in [3.63, 3.8) is 0 Å². The number of benzene rings is 1. The predicted molar refractivity (Wildman–Crippen MR) is 91.0 cm³/mol. The van der Waals surface area contributed by atoms with Crippen LogP contribution in [0.25, 0.3) is 0 Å². The van der Waals surface area contributed by atoms with Crippen molar-refractivity contribution >= 4 is 11.8 Å². The van der Waals surface area contributed by atoms with Crippen LogP contribution in [0, 0.1) is 0 Å². The number of carbonyl (C=O) groups excluding carboxylic acids is 2. The van der Waals surface area contributed by atoms with Gasteiger partial charge >= 0.3 is 0 Å². The molecule has 3 rings (SSSR count). The number of carbonyl (C=O) groups is 2. The van der Waals surface area contributed by atoms with Crippen LogP contribution in [0.2, 0.25) is 0 Å². The molecule has 24 heavy (non-hydrogen) atoms. The van der Waals surface area contributed by atoms with Crippen LogP contribution in [0.1, 0.15) is 58.8 Å². The molecular weight excluding hydrogens is 304 g/mol. The normalized spacial score (nSPS) is 15.4. The van der Waals surface area contributed by atoms with E-state index in [1.54, 1.807) is 17.8 Å². The van der Waals surface area contributed by atoms with Gasteiger partial charge in [0.05, 0.1) is 6.04 Å². The molecule has 1 atom stereocenters. The van der Waals surface area contributed by atoms with Crippen LogP contribution >= 0.6 is 0 Å². The Morgan fingerprint density at radius 2 is 1.92 bits per heavy atom. The summed E-state index contributed by atoms with van der Waals surface area (Å²) in [6, 6.07) is 11.5. The topological polar surface area (TPSA) is 76.0 Å². The summed E-state index contributed by atoms with van der Waals surface area (Å²) in [4.78, 5) is 24.6. The van der Waals surface area contributed by atoms with Crippen LogP contribution in [0.5, 0.6) is 0 Å². The zero-order chi connectivity index (χ0) is 17.1. The standard InChI is InChI=1S/C18H22N4O2/c1-12(13-7-4-3-5-8-13)22-16(11-15(21-22)17(23)19-2)18(24)20-14-9-6-10-14/h3-5,7-8,11-12,14H,6,9-10H2,1-2H3,(H,19,23)(H,20,24). The number of aromatic nitrogens is 2. The number of rotatable bonds is 5. The van der Waals surface area contributed by atoms with Crippen molar-refractivity contribution in [3.05, 3.63) is 53.3 Å². The first-order chi connectivity index (χ1) is 11.6. The molecular formula is C18H22N4O2. The SMILES string of the molecule is CNC(=O)c1cc(C(=O)NC2CCC2)n(C(C)c2ccccc2)n1. The van der Waals surface area contributed by atoms with E-state index in [4.69, 9.17) is 0 Å². The zero-order valence-electron chi connectivity index (χ0n) is 14.0. The second kappa shape index (κ2) is 6.86. The highest BCUT2D eigenvalue weighted by Gasteiger charge is 2.26. The summed E-state index contributed by atoms with van der Waals surface area (Å²) in [6.45, 7) is 1.97. The third-order valence-corrected chi connectivity index (χ3v) is 4.52. The van der Waals surface area contributed by atoms with E-state index in [1.165, 1.54) is 0 Å². The van der Waals surface area contributed by atoms with Crippen molar-refractivity contribution in [1.82, 2.24) is 20.4 Å². The fourth-order valence-electron chi connectivity index (χ4n) is 2.78. The Morgan fingerprint density at radius 1 is 1.21 bits per heavy atom. The number of nitrogens with one attached hydrogen (secondary N) is 2. The van der Waals surface area contributed by atoms with Gasteiger partial charge in [-0.3, -0.25) is 14.3 Å². The molecule has 0 saturated heterocycles. The summed E-state index contributed by atoms with van der Waals surface area (Å²) in [5.74, 6) is -0.475. The maximum absolute atomic E-state index is 12.6. The summed E-state index contributed by atoms with van der Waals surface area (Å²) < 4.78 is 1.63. The Morgan fingerprint density at radius 3 is 2.50 bits per heavy atom. The van der Waals surface area contributed by atoms with Crippen molar-refractivity contribution < 1.29 is 9.59 Å². The molecule has 2 amide bonds. The van der Waals surface area contributed by atoms with Crippen molar-refractivity contribution in [2.75, 3.05) is 7.05 Å². The van der Waals surface area contributed by atoms with E-state index in [0.717, 1.165) is 24.8 Å². The summed E-state index contributed by atoms with van der Waals surface area (Å²) >= 11 is 0. The van der Waals surface area contributed by atoms with Gasteiger partial charge in [-0.1, -0.05) is 30.3 Å². The molecule has 2 N–H and O–H groups in total. The van der Waals surface area contributed by atoms with Crippen LogP contribution in [0.15, 0.2) is 36.4 Å². The van der Waals surface area contributed by atoms with Gasteiger partial charge in [-0.15, -0.1) is 0 Å². The monoisotopic (exact) mass is 326 g/mol. The van der Waals surface area contributed by atoms with Gasteiger partial charge in [0.1, 0.15) is 5.69 Å². The highest BCUT2D eigenvalue weighted by Crippen LogP contribution is 2.22. The zero-order valence-corrected chi connectivity index (χ0v) is 14.0. The molecule has 1 heterocycles. The van der Waals surface area contributed by atoms with Gasteiger partial charge in [0.15, 0.2) is 5.69 Å². The summed E-state index contributed by atoms with van der Waals surface area (Å²) in [7, 11) is 1.55. The van der Waals surface area contributed by atoms with Crippen LogP contribution in [0.4, 0.5) is 0 Å². The molecule has 126 valence electrons. The second-order valence-corrected chi connectivity index (χ2v) is 6.13. The van der Waals surface area contributed by atoms with Crippen molar-refractivity contribution in [2.24, 2.45) is 0 Å². The van der Waals surface area contributed by atoms with Gasteiger partial charge in [-0.2, -0.15) is 5.10 Å². The fraction of sp³-hybridized carbons (Fsp3) is 0.389. The molecule has 1 unspecified atom stereocenters. The first-order valence-corrected chi connectivity index (χ1v) is 8.27. The molecule has 1 aliphatic carbocycles. The van der Waals surface area contributed by atoms with Gasteiger partial charge in [0, 0.05) is 19.2 Å². The molecule has 0 radical (unpaired) electrons. The maximum atomic E-state index is 12.6. The fourth-order valence-corrected chi connectivity index (χ4v) is 2.78. The van der Waals surface area contributed by atoms with Crippen LogP contribution in [-0.2, 0) is 0 Å². The average molecular weight is 326 g/mol. The van der Waals surface area contributed by atoms with E-state index in [0.29, 0.717) is 5.69 Å².